The van der Waals surface area contributed by atoms with Gasteiger partial charge in [0.15, 0.2) is 11.6 Å². The fourth-order valence-corrected chi connectivity index (χ4v) is 1.56. The van der Waals surface area contributed by atoms with Gasteiger partial charge < -0.3 is 11.5 Å². The van der Waals surface area contributed by atoms with E-state index in [4.69, 9.17) is 11.5 Å². The Kier molecular flexibility index (Phi) is 3.01. The fraction of sp³-hybridized carbons (Fsp3) is 0.0833. The Bertz CT molecular complexity index is 543. The number of nitrogen functional groups attached to an aromatic ring is 1. The molecule has 1 atom stereocenters. The number of nitrogens with zero attached hydrogens (tertiary/aromatic N) is 1. The van der Waals surface area contributed by atoms with Crippen molar-refractivity contribution in [1.29, 1.82) is 0 Å². The third kappa shape index (κ3) is 2.24. The smallest absolute Gasteiger partial charge is 0.159 e. The number of hydrogen-bond acceptors (Lipinski definition) is 3. The van der Waals surface area contributed by atoms with Gasteiger partial charge in [0.2, 0.25) is 0 Å². The van der Waals surface area contributed by atoms with Crippen molar-refractivity contribution in [3.05, 3.63) is 59.4 Å². The van der Waals surface area contributed by atoms with Crippen molar-refractivity contribution >= 4 is 5.69 Å². The van der Waals surface area contributed by atoms with Crippen LogP contribution in [0.1, 0.15) is 17.2 Å². The van der Waals surface area contributed by atoms with Crippen molar-refractivity contribution in [2.45, 2.75) is 6.04 Å². The predicted octanol–water partition coefficient (Wildman–Crippen LogP) is 1.99. The van der Waals surface area contributed by atoms with Crippen molar-refractivity contribution in [3.8, 4) is 0 Å². The number of halogens is 2. The number of pyridine rings is 1. The Hall–Kier alpha value is -2.01. The molecule has 1 aromatic carbocycles. The fourth-order valence-electron chi connectivity index (χ4n) is 1.56. The molecule has 17 heavy (non-hydrogen) atoms. The van der Waals surface area contributed by atoms with Gasteiger partial charge in [-0.25, -0.2) is 8.78 Å². The molecule has 2 rings (SSSR count). The van der Waals surface area contributed by atoms with Crippen molar-refractivity contribution in [2.75, 3.05) is 5.73 Å². The molecule has 0 aliphatic rings. The number of nitrogens with two attached hydrogens (primary N) is 2. The Morgan fingerprint density at radius 1 is 1.12 bits per heavy atom. The van der Waals surface area contributed by atoms with Crippen LogP contribution in [0.15, 0.2) is 36.7 Å². The molecule has 3 nitrogen and oxygen atoms in total. The van der Waals surface area contributed by atoms with Gasteiger partial charge in [-0.3, -0.25) is 4.98 Å². The molecule has 1 aromatic heterocycles. The van der Waals surface area contributed by atoms with E-state index in [0.717, 1.165) is 12.1 Å². The molecule has 0 radical (unpaired) electrons. The summed E-state index contributed by atoms with van der Waals surface area (Å²) in [5, 5.41) is 0. The third-order valence-corrected chi connectivity index (χ3v) is 2.52. The number of benzene rings is 1. The van der Waals surface area contributed by atoms with Crippen LogP contribution in [0.3, 0.4) is 0 Å². The predicted molar refractivity (Wildman–Crippen MR) is 61.0 cm³/mol. The van der Waals surface area contributed by atoms with E-state index in [0.29, 0.717) is 16.8 Å². The third-order valence-electron chi connectivity index (χ3n) is 2.52. The molecule has 0 saturated carbocycles. The van der Waals surface area contributed by atoms with Crippen LogP contribution in [-0.2, 0) is 0 Å². The quantitative estimate of drug-likeness (QED) is 0.836. The SMILES string of the molecule is Nc1ccncc1C(N)c1ccc(F)c(F)c1. The maximum atomic E-state index is 13.1. The van der Waals surface area contributed by atoms with Crippen LogP contribution >= 0.6 is 0 Å². The summed E-state index contributed by atoms with van der Waals surface area (Å²) in [5.74, 6) is -1.83. The lowest BCUT2D eigenvalue weighted by Crippen LogP contribution is -2.14. The van der Waals surface area contributed by atoms with Crippen LogP contribution in [0.25, 0.3) is 0 Å². The van der Waals surface area contributed by atoms with Crippen LogP contribution in [0.2, 0.25) is 0 Å². The molecular formula is C12H11F2N3. The average molecular weight is 235 g/mol. The second-order valence-electron chi connectivity index (χ2n) is 3.66. The highest BCUT2D eigenvalue weighted by Crippen LogP contribution is 2.24. The lowest BCUT2D eigenvalue weighted by Gasteiger charge is -2.14. The molecule has 0 fully saturated rings. The summed E-state index contributed by atoms with van der Waals surface area (Å²) < 4.78 is 25.9. The minimum absolute atomic E-state index is 0.448. The standard InChI is InChI=1S/C12H11F2N3/c13-9-2-1-7(5-10(9)14)12(16)8-6-17-4-3-11(8)15/h1-6,12H,16H2,(H2,15,17). The maximum absolute atomic E-state index is 13.1. The van der Waals surface area contributed by atoms with Gasteiger partial charge in [0.25, 0.3) is 0 Å². The van der Waals surface area contributed by atoms with Crippen LogP contribution in [-0.4, -0.2) is 4.98 Å². The highest BCUT2D eigenvalue weighted by Gasteiger charge is 2.14. The number of hydrogen-bond donors (Lipinski definition) is 2. The lowest BCUT2D eigenvalue weighted by atomic mass is 10.00. The zero-order valence-corrected chi connectivity index (χ0v) is 8.90. The summed E-state index contributed by atoms with van der Waals surface area (Å²) in [7, 11) is 0. The van der Waals surface area contributed by atoms with E-state index in [1.165, 1.54) is 18.5 Å². The largest absolute Gasteiger partial charge is 0.398 e. The van der Waals surface area contributed by atoms with Gasteiger partial charge in [0, 0.05) is 23.6 Å². The highest BCUT2D eigenvalue weighted by molar-refractivity contribution is 5.49. The first kappa shape index (κ1) is 11.5. The minimum Gasteiger partial charge on any atom is -0.398 e. The van der Waals surface area contributed by atoms with Crippen molar-refractivity contribution < 1.29 is 8.78 Å². The van der Waals surface area contributed by atoms with Gasteiger partial charge in [-0.05, 0) is 23.8 Å². The monoisotopic (exact) mass is 235 g/mol. The summed E-state index contributed by atoms with van der Waals surface area (Å²) in [4.78, 5) is 3.90. The molecule has 1 heterocycles. The van der Waals surface area contributed by atoms with E-state index in [1.807, 2.05) is 0 Å². The van der Waals surface area contributed by atoms with E-state index in [1.54, 1.807) is 6.07 Å². The first-order valence-corrected chi connectivity index (χ1v) is 4.99. The Morgan fingerprint density at radius 3 is 2.53 bits per heavy atom. The lowest BCUT2D eigenvalue weighted by molar-refractivity contribution is 0.506. The van der Waals surface area contributed by atoms with Gasteiger partial charge in [-0.2, -0.15) is 0 Å². The normalized spacial score (nSPS) is 12.4. The molecule has 4 N–H and O–H groups in total. The molecule has 1 unspecified atom stereocenters. The Morgan fingerprint density at radius 2 is 1.88 bits per heavy atom. The summed E-state index contributed by atoms with van der Waals surface area (Å²) in [6.07, 6.45) is 3.05. The molecule has 0 saturated heterocycles. The maximum Gasteiger partial charge on any atom is 0.159 e. The van der Waals surface area contributed by atoms with E-state index in [2.05, 4.69) is 4.98 Å². The van der Waals surface area contributed by atoms with E-state index in [9.17, 15) is 8.78 Å². The molecule has 0 spiro atoms. The van der Waals surface area contributed by atoms with Crippen molar-refractivity contribution in [2.24, 2.45) is 5.73 Å². The summed E-state index contributed by atoms with van der Waals surface area (Å²) in [6.45, 7) is 0. The van der Waals surface area contributed by atoms with E-state index in [-0.39, 0.29) is 0 Å². The molecule has 5 heteroatoms. The average Bonchev–Trinajstić information content (AvgIpc) is 2.32. The minimum atomic E-state index is -0.930. The number of anilines is 1. The number of aromatic nitrogens is 1. The molecule has 2 aromatic rings. The second kappa shape index (κ2) is 4.47. The highest BCUT2D eigenvalue weighted by atomic mass is 19.2. The van der Waals surface area contributed by atoms with Gasteiger partial charge in [-0.1, -0.05) is 6.07 Å². The van der Waals surface area contributed by atoms with Gasteiger partial charge >= 0.3 is 0 Å². The summed E-state index contributed by atoms with van der Waals surface area (Å²) >= 11 is 0. The second-order valence-corrected chi connectivity index (χ2v) is 3.66. The molecule has 0 amide bonds. The summed E-state index contributed by atoms with van der Waals surface area (Å²) in [6, 6.07) is 4.51. The molecular weight excluding hydrogens is 224 g/mol. The zero-order valence-electron chi connectivity index (χ0n) is 8.90. The van der Waals surface area contributed by atoms with Crippen molar-refractivity contribution in [1.82, 2.24) is 4.98 Å². The zero-order chi connectivity index (χ0) is 12.4. The van der Waals surface area contributed by atoms with Gasteiger partial charge in [-0.15, -0.1) is 0 Å². The van der Waals surface area contributed by atoms with E-state index < -0.39 is 17.7 Å². The topological polar surface area (TPSA) is 64.9 Å². The van der Waals surface area contributed by atoms with Crippen molar-refractivity contribution in [3.63, 3.8) is 0 Å². The van der Waals surface area contributed by atoms with Gasteiger partial charge in [0.1, 0.15) is 0 Å². The Balaban J connectivity index is 2.40. The van der Waals surface area contributed by atoms with E-state index >= 15 is 0 Å². The van der Waals surface area contributed by atoms with Crippen LogP contribution in [0.5, 0.6) is 0 Å². The molecule has 88 valence electrons. The molecule has 0 aliphatic carbocycles. The molecule has 0 bridgehead atoms. The van der Waals surface area contributed by atoms with Crippen LogP contribution in [0, 0.1) is 11.6 Å². The summed E-state index contributed by atoms with van der Waals surface area (Å²) in [5.41, 5.74) is 13.2. The number of rotatable bonds is 2. The Labute approximate surface area is 97.1 Å². The van der Waals surface area contributed by atoms with Crippen LogP contribution < -0.4 is 11.5 Å². The van der Waals surface area contributed by atoms with Crippen LogP contribution in [0.4, 0.5) is 14.5 Å². The van der Waals surface area contributed by atoms with Gasteiger partial charge in [0.05, 0.1) is 6.04 Å². The molecule has 0 aliphatic heterocycles. The first-order chi connectivity index (χ1) is 8.09. The first-order valence-electron chi connectivity index (χ1n) is 4.99.